The smallest absolute Gasteiger partial charge is 0.269 e. The van der Waals surface area contributed by atoms with Gasteiger partial charge in [0.1, 0.15) is 0 Å². The van der Waals surface area contributed by atoms with Gasteiger partial charge in [-0.25, -0.2) is 0 Å². The van der Waals surface area contributed by atoms with E-state index in [-0.39, 0.29) is 29.9 Å². The molecule has 6 heteroatoms. The zero-order valence-electron chi connectivity index (χ0n) is 11.9. The first-order valence-electron chi connectivity index (χ1n) is 6.57. The molecule has 2 atom stereocenters. The number of ether oxygens (including phenoxy) is 1. The average molecular weight is 280 g/mol. The second-order valence-electron chi connectivity index (χ2n) is 5.83. The zero-order valence-corrected chi connectivity index (χ0v) is 11.9. The third-order valence-electron chi connectivity index (χ3n) is 4.01. The van der Waals surface area contributed by atoms with Gasteiger partial charge in [-0.05, 0) is 12.5 Å². The SMILES string of the molecule is COC1CC(C(C)(C)CO)Nc2ccc([N+](=O)[O-])cc21. The molecule has 20 heavy (non-hydrogen) atoms. The first-order chi connectivity index (χ1) is 9.39. The van der Waals surface area contributed by atoms with Gasteiger partial charge in [0, 0.05) is 42.0 Å². The average Bonchev–Trinajstić information content (AvgIpc) is 2.45. The summed E-state index contributed by atoms with van der Waals surface area (Å²) < 4.78 is 5.48. The second kappa shape index (κ2) is 5.38. The Labute approximate surface area is 117 Å². The molecule has 1 aromatic rings. The molecule has 0 saturated carbocycles. The van der Waals surface area contributed by atoms with Gasteiger partial charge < -0.3 is 15.2 Å². The van der Waals surface area contributed by atoms with Crippen LogP contribution in [-0.4, -0.2) is 29.8 Å². The Kier molecular flexibility index (Phi) is 3.96. The van der Waals surface area contributed by atoms with E-state index in [1.165, 1.54) is 6.07 Å². The molecule has 6 nitrogen and oxygen atoms in total. The van der Waals surface area contributed by atoms with Crippen molar-refractivity contribution in [3.05, 3.63) is 33.9 Å². The lowest BCUT2D eigenvalue weighted by atomic mass is 9.78. The molecular formula is C14H20N2O4. The van der Waals surface area contributed by atoms with Crippen LogP contribution in [0.25, 0.3) is 0 Å². The normalized spacial score (nSPS) is 22.0. The summed E-state index contributed by atoms with van der Waals surface area (Å²) in [6, 6.07) is 4.79. The molecular weight excluding hydrogens is 260 g/mol. The quantitative estimate of drug-likeness (QED) is 0.654. The molecule has 0 saturated heterocycles. The van der Waals surface area contributed by atoms with E-state index in [0.29, 0.717) is 6.42 Å². The summed E-state index contributed by atoms with van der Waals surface area (Å²) in [5.41, 5.74) is 1.40. The maximum Gasteiger partial charge on any atom is 0.269 e. The molecule has 2 unspecified atom stereocenters. The monoisotopic (exact) mass is 280 g/mol. The Morgan fingerprint density at radius 3 is 2.80 bits per heavy atom. The minimum Gasteiger partial charge on any atom is -0.396 e. The Morgan fingerprint density at radius 1 is 1.55 bits per heavy atom. The lowest BCUT2D eigenvalue weighted by Crippen LogP contribution is -2.42. The lowest BCUT2D eigenvalue weighted by Gasteiger charge is -2.40. The Hall–Kier alpha value is -1.66. The van der Waals surface area contributed by atoms with Crippen molar-refractivity contribution >= 4 is 11.4 Å². The number of benzene rings is 1. The van der Waals surface area contributed by atoms with Crippen LogP contribution in [0, 0.1) is 15.5 Å². The van der Waals surface area contributed by atoms with Crippen molar-refractivity contribution in [2.45, 2.75) is 32.4 Å². The molecule has 2 N–H and O–H groups in total. The summed E-state index contributed by atoms with van der Waals surface area (Å²) in [4.78, 5) is 10.5. The van der Waals surface area contributed by atoms with Crippen LogP contribution in [0.1, 0.15) is 31.9 Å². The second-order valence-corrected chi connectivity index (χ2v) is 5.83. The third-order valence-corrected chi connectivity index (χ3v) is 4.01. The van der Waals surface area contributed by atoms with Crippen LogP contribution in [0.2, 0.25) is 0 Å². The van der Waals surface area contributed by atoms with Crippen molar-refractivity contribution in [3.63, 3.8) is 0 Å². The number of hydrogen-bond acceptors (Lipinski definition) is 5. The Bertz CT molecular complexity index is 516. The van der Waals surface area contributed by atoms with E-state index in [1.807, 2.05) is 13.8 Å². The van der Waals surface area contributed by atoms with Crippen LogP contribution >= 0.6 is 0 Å². The number of aliphatic hydroxyl groups excluding tert-OH is 1. The molecule has 0 aromatic heterocycles. The van der Waals surface area contributed by atoms with Gasteiger partial charge >= 0.3 is 0 Å². The minimum absolute atomic E-state index is 0.0476. The van der Waals surface area contributed by atoms with Gasteiger partial charge in [0.2, 0.25) is 0 Å². The number of anilines is 1. The fourth-order valence-corrected chi connectivity index (χ4v) is 2.50. The van der Waals surface area contributed by atoms with Gasteiger partial charge in [0.05, 0.1) is 17.6 Å². The highest BCUT2D eigenvalue weighted by Crippen LogP contribution is 2.41. The zero-order chi connectivity index (χ0) is 14.9. The molecule has 0 spiro atoms. The molecule has 0 aliphatic carbocycles. The number of hydrogen-bond donors (Lipinski definition) is 2. The van der Waals surface area contributed by atoms with Crippen LogP contribution in [-0.2, 0) is 4.74 Å². The number of non-ortho nitro benzene ring substituents is 1. The van der Waals surface area contributed by atoms with Gasteiger partial charge in [-0.15, -0.1) is 0 Å². The molecule has 0 fully saturated rings. The first-order valence-corrected chi connectivity index (χ1v) is 6.57. The van der Waals surface area contributed by atoms with Crippen LogP contribution in [0.4, 0.5) is 11.4 Å². The summed E-state index contributed by atoms with van der Waals surface area (Å²) in [7, 11) is 1.60. The van der Waals surface area contributed by atoms with Crippen molar-refractivity contribution in [3.8, 4) is 0 Å². The molecule has 0 amide bonds. The topological polar surface area (TPSA) is 84.6 Å². The number of nitrogens with zero attached hydrogens (tertiary/aromatic N) is 1. The summed E-state index contributed by atoms with van der Waals surface area (Å²) in [5.74, 6) is 0. The number of rotatable bonds is 4. The minimum atomic E-state index is -0.406. The third kappa shape index (κ3) is 2.62. The van der Waals surface area contributed by atoms with Gasteiger partial charge in [0.15, 0.2) is 0 Å². The summed E-state index contributed by atoms with van der Waals surface area (Å²) in [6.45, 7) is 4.02. The maximum absolute atomic E-state index is 10.9. The first kappa shape index (κ1) is 14.7. The Balaban J connectivity index is 2.38. The van der Waals surface area contributed by atoms with E-state index < -0.39 is 4.92 Å². The number of nitrogens with one attached hydrogen (secondary N) is 1. The standard InChI is InChI=1S/C14H20N2O4/c1-14(2,8-17)13-7-12(20-3)10-6-9(16(18)19)4-5-11(10)15-13/h4-6,12-13,15,17H,7-8H2,1-3H3. The van der Waals surface area contributed by atoms with Crippen LogP contribution < -0.4 is 5.32 Å². The van der Waals surface area contributed by atoms with E-state index in [4.69, 9.17) is 4.74 Å². The molecule has 0 bridgehead atoms. The summed E-state index contributed by atoms with van der Waals surface area (Å²) in [6.07, 6.45) is 0.458. The van der Waals surface area contributed by atoms with E-state index in [0.717, 1.165) is 11.3 Å². The molecule has 1 aromatic carbocycles. The van der Waals surface area contributed by atoms with E-state index in [9.17, 15) is 15.2 Å². The number of nitro benzene ring substituents is 1. The molecule has 1 heterocycles. The Morgan fingerprint density at radius 2 is 2.25 bits per heavy atom. The van der Waals surface area contributed by atoms with Gasteiger partial charge in [-0.1, -0.05) is 13.8 Å². The summed E-state index contributed by atoms with van der Waals surface area (Å²) >= 11 is 0. The highest BCUT2D eigenvalue weighted by molar-refractivity contribution is 5.59. The van der Waals surface area contributed by atoms with Crippen molar-refractivity contribution in [1.82, 2.24) is 0 Å². The van der Waals surface area contributed by atoms with Gasteiger partial charge in [-0.3, -0.25) is 10.1 Å². The number of aliphatic hydroxyl groups is 1. The van der Waals surface area contributed by atoms with Crippen LogP contribution in [0.3, 0.4) is 0 Å². The van der Waals surface area contributed by atoms with Gasteiger partial charge in [0.25, 0.3) is 5.69 Å². The van der Waals surface area contributed by atoms with E-state index in [1.54, 1.807) is 19.2 Å². The van der Waals surface area contributed by atoms with E-state index >= 15 is 0 Å². The predicted molar refractivity (Wildman–Crippen MR) is 75.7 cm³/mol. The van der Waals surface area contributed by atoms with Crippen molar-refractivity contribution in [2.75, 3.05) is 19.0 Å². The summed E-state index contributed by atoms with van der Waals surface area (Å²) in [5, 5.41) is 23.7. The maximum atomic E-state index is 10.9. The molecule has 2 rings (SSSR count). The fraction of sp³-hybridized carbons (Fsp3) is 0.571. The van der Waals surface area contributed by atoms with Crippen LogP contribution in [0.5, 0.6) is 0 Å². The highest BCUT2D eigenvalue weighted by Gasteiger charge is 2.36. The lowest BCUT2D eigenvalue weighted by molar-refractivity contribution is -0.385. The molecule has 1 aliphatic rings. The van der Waals surface area contributed by atoms with Gasteiger partial charge in [-0.2, -0.15) is 0 Å². The molecule has 1 aliphatic heterocycles. The largest absolute Gasteiger partial charge is 0.396 e. The number of nitro groups is 1. The van der Waals surface area contributed by atoms with Crippen molar-refractivity contribution < 1.29 is 14.8 Å². The highest BCUT2D eigenvalue weighted by atomic mass is 16.6. The van der Waals surface area contributed by atoms with Crippen molar-refractivity contribution in [2.24, 2.45) is 5.41 Å². The van der Waals surface area contributed by atoms with Crippen LogP contribution in [0.15, 0.2) is 18.2 Å². The number of fused-ring (bicyclic) bond motifs is 1. The number of methoxy groups -OCH3 is 1. The predicted octanol–water partition coefficient (Wildman–Crippen LogP) is 2.49. The van der Waals surface area contributed by atoms with Crippen molar-refractivity contribution in [1.29, 1.82) is 0 Å². The van der Waals surface area contributed by atoms with E-state index in [2.05, 4.69) is 5.32 Å². The molecule has 0 radical (unpaired) electrons. The molecule has 110 valence electrons. The fourth-order valence-electron chi connectivity index (χ4n) is 2.50.